The van der Waals surface area contributed by atoms with Gasteiger partial charge in [0.2, 0.25) is 5.56 Å². The number of hydrogen-bond donors (Lipinski definition) is 1. The second-order valence-electron chi connectivity index (χ2n) is 2.56. The molecule has 0 aliphatic rings. The van der Waals surface area contributed by atoms with Gasteiger partial charge in [-0.2, -0.15) is 0 Å². The molecule has 0 aliphatic heterocycles. The molecule has 0 saturated carbocycles. The second-order valence-corrected chi connectivity index (χ2v) is 2.56. The molecule has 4 nitrogen and oxygen atoms in total. The molecule has 0 amide bonds. The molecule has 0 radical (unpaired) electrons. The van der Waals surface area contributed by atoms with Crippen LogP contribution < -0.4 is 5.56 Å². The predicted octanol–water partition coefficient (Wildman–Crippen LogP) is 0.832. The molecule has 4 heteroatoms. The highest BCUT2D eigenvalue weighted by Crippen LogP contribution is 2.10. The van der Waals surface area contributed by atoms with E-state index in [0.717, 1.165) is 11.3 Å². The number of nitrogens with zero attached hydrogens (tertiary/aromatic N) is 2. The molecule has 0 aromatic carbocycles. The summed E-state index contributed by atoms with van der Waals surface area (Å²) in [6.07, 6.45) is 4.75. The summed E-state index contributed by atoms with van der Waals surface area (Å²) in [6, 6.07) is 4.97. The zero-order valence-electron chi connectivity index (χ0n) is 6.77. The van der Waals surface area contributed by atoms with E-state index < -0.39 is 0 Å². The third-order valence-electron chi connectivity index (χ3n) is 1.64. The van der Waals surface area contributed by atoms with Gasteiger partial charge in [0.1, 0.15) is 6.33 Å². The first-order valence-corrected chi connectivity index (χ1v) is 3.81. The maximum Gasteiger partial charge on any atom is 0.248 e. The number of rotatable bonds is 1. The van der Waals surface area contributed by atoms with Crippen LogP contribution in [0.4, 0.5) is 0 Å². The number of H-pyrrole nitrogens is 1. The Morgan fingerprint density at radius 2 is 1.92 bits per heavy atom. The fourth-order valence-electron chi connectivity index (χ4n) is 1.05. The lowest BCUT2D eigenvalue weighted by atomic mass is 10.2. The van der Waals surface area contributed by atoms with Crippen LogP contribution in [0.5, 0.6) is 0 Å². The molecule has 0 unspecified atom stereocenters. The highest BCUT2D eigenvalue weighted by molar-refractivity contribution is 5.55. The summed E-state index contributed by atoms with van der Waals surface area (Å²) in [5, 5.41) is 0. The van der Waals surface area contributed by atoms with Gasteiger partial charge in [-0.25, -0.2) is 9.97 Å². The Labute approximate surface area is 74.3 Å². The van der Waals surface area contributed by atoms with Crippen LogP contribution in [0.25, 0.3) is 11.3 Å². The Kier molecular flexibility index (Phi) is 1.88. The molecule has 64 valence electrons. The van der Waals surface area contributed by atoms with Gasteiger partial charge < -0.3 is 4.98 Å². The van der Waals surface area contributed by atoms with Crippen molar-refractivity contribution in [2.24, 2.45) is 0 Å². The van der Waals surface area contributed by atoms with Crippen LogP contribution in [0.2, 0.25) is 0 Å². The highest BCUT2D eigenvalue weighted by atomic mass is 16.1. The SMILES string of the molecule is O=c1cccc(-c2cncnc2)[nH]1. The maximum absolute atomic E-state index is 11.0. The van der Waals surface area contributed by atoms with E-state index in [4.69, 9.17) is 0 Å². The Bertz CT molecular complexity index is 450. The van der Waals surface area contributed by atoms with Crippen LogP contribution in [-0.2, 0) is 0 Å². The van der Waals surface area contributed by atoms with E-state index in [2.05, 4.69) is 15.0 Å². The third-order valence-corrected chi connectivity index (χ3v) is 1.64. The lowest BCUT2D eigenvalue weighted by Crippen LogP contribution is -2.03. The van der Waals surface area contributed by atoms with Crippen molar-refractivity contribution in [2.75, 3.05) is 0 Å². The van der Waals surface area contributed by atoms with Crippen LogP contribution in [0, 0.1) is 0 Å². The quantitative estimate of drug-likeness (QED) is 0.694. The van der Waals surface area contributed by atoms with Gasteiger partial charge in [0, 0.05) is 24.0 Å². The Hall–Kier alpha value is -1.97. The van der Waals surface area contributed by atoms with Gasteiger partial charge in [0.05, 0.1) is 5.69 Å². The molecular weight excluding hydrogens is 166 g/mol. The standard InChI is InChI=1S/C9H7N3O/c13-9-3-1-2-8(12-9)7-4-10-6-11-5-7/h1-6H,(H,12,13). The van der Waals surface area contributed by atoms with Crippen molar-refractivity contribution in [3.05, 3.63) is 47.3 Å². The van der Waals surface area contributed by atoms with E-state index in [1.165, 1.54) is 12.4 Å². The minimum Gasteiger partial charge on any atom is -0.322 e. The van der Waals surface area contributed by atoms with Crippen molar-refractivity contribution >= 4 is 0 Å². The molecule has 0 saturated heterocycles. The Balaban J connectivity index is 2.54. The molecule has 2 aromatic heterocycles. The van der Waals surface area contributed by atoms with Gasteiger partial charge in [-0.15, -0.1) is 0 Å². The zero-order chi connectivity index (χ0) is 9.10. The Morgan fingerprint density at radius 3 is 2.62 bits per heavy atom. The fraction of sp³-hybridized carbons (Fsp3) is 0. The largest absolute Gasteiger partial charge is 0.322 e. The first-order valence-electron chi connectivity index (χ1n) is 3.81. The molecule has 2 heterocycles. The van der Waals surface area contributed by atoms with Crippen LogP contribution >= 0.6 is 0 Å². The average molecular weight is 173 g/mol. The molecule has 0 bridgehead atoms. The third kappa shape index (κ3) is 1.61. The first-order chi connectivity index (χ1) is 6.36. The van der Waals surface area contributed by atoms with Gasteiger partial charge >= 0.3 is 0 Å². The highest BCUT2D eigenvalue weighted by Gasteiger charge is 1.96. The van der Waals surface area contributed by atoms with Crippen molar-refractivity contribution in [3.8, 4) is 11.3 Å². The molecule has 13 heavy (non-hydrogen) atoms. The number of pyridine rings is 1. The van der Waals surface area contributed by atoms with Crippen molar-refractivity contribution in [1.82, 2.24) is 15.0 Å². The lowest BCUT2D eigenvalue weighted by Gasteiger charge is -1.97. The number of aromatic nitrogens is 3. The van der Waals surface area contributed by atoms with E-state index in [1.807, 2.05) is 0 Å². The molecule has 2 aromatic rings. The molecule has 0 atom stereocenters. The summed E-state index contributed by atoms with van der Waals surface area (Å²) < 4.78 is 0. The first kappa shape index (κ1) is 7.67. The number of aromatic amines is 1. The predicted molar refractivity (Wildman–Crippen MR) is 48.1 cm³/mol. The summed E-state index contributed by atoms with van der Waals surface area (Å²) in [5.41, 5.74) is 1.41. The normalized spacial score (nSPS) is 9.85. The summed E-state index contributed by atoms with van der Waals surface area (Å²) >= 11 is 0. The molecular formula is C9H7N3O. The van der Waals surface area contributed by atoms with Gasteiger partial charge in [0.15, 0.2) is 0 Å². The van der Waals surface area contributed by atoms with Crippen LogP contribution in [0.15, 0.2) is 41.7 Å². The monoisotopic (exact) mass is 173 g/mol. The topological polar surface area (TPSA) is 58.6 Å². The molecule has 1 N–H and O–H groups in total. The molecule has 0 aliphatic carbocycles. The van der Waals surface area contributed by atoms with Gasteiger partial charge in [0.25, 0.3) is 0 Å². The van der Waals surface area contributed by atoms with Gasteiger partial charge in [-0.05, 0) is 6.07 Å². The lowest BCUT2D eigenvalue weighted by molar-refractivity contribution is 1.15. The van der Waals surface area contributed by atoms with E-state index in [9.17, 15) is 4.79 Å². The molecule has 2 rings (SSSR count). The second kappa shape index (κ2) is 3.18. The van der Waals surface area contributed by atoms with Crippen molar-refractivity contribution in [3.63, 3.8) is 0 Å². The molecule has 0 spiro atoms. The maximum atomic E-state index is 11.0. The van der Waals surface area contributed by atoms with Crippen LogP contribution in [-0.4, -0.2) is 15.0 Å². The van der Waals surface area contributed by atoms with E-state index in [0.29, 0.717) is 0 Å². The van der Waals surface area contributed by atoms with Crippen LogP contribution in [0.3, 0.4) is 0 Å². The average Bonchev–Trinajstić information content (AvgIpc) is 2.19. The number of hydrogen-bond acceptors (Lipinski definition) is 3. The summed E-state index contributed by atoms with van der Waals surface area (Å²) in [4.78, 5) is 21.4. The van der Waals surface area contributed by atoms with E-state index in [-0.39, 0.29) is 5.56 Å². The number of nitrogens with one attached hydrogen (secondary N) is 1. The van der Waals surface area contributed by atoms with Crippen LogP contribution in [0.1, 0.15) is 0 Å². The minimum absolute atomic E-state index is 0.124. The van der Waals surface area contributed by atoms with Crippen molar-refractivity contribution < 1.29 is 0 Å². The van der Waals surface area contributed by atoms with Crippen molar-refractivity contribution in [1.29, 1.82) is 0 Å². The van der Waals surface area contributed by atoms with Gasteiger partial charge in [-0.1, -0.05) is 6.07 Å². The van der Waals surface area contributed by atoms with E-state index in [1.54, 1.807) is 24.5 Å². The summed E-state index contributed by atoms with van der Waals surface area (Å²) in [5.74, 6) is 0. The minimum atomic E-state index is -0.124. The van der Waals surface area contributed by atoms with Crippen molar-refractivity contribution in [2.45, 2.75) is 0 Å². The summed E-state index contributed by atoms with van der Waals surface area (Å²) in [7, 11) is 0. The molecule has 0 fully saturated rings. The Morgan fingerprint density at radius 1 is 1.15 bits per heavy atom. The fourth-order valence-corrected chi connectivity index (χ4v) is 1.05. The van der Waals surface area contributed by atoms with Gasteiger partial charge in [-0.3, -0.25) is 4.79 Å². The smallest absolute Gasteiger partial charge is 0.248 e. The van der Waals surface area contributed by atoms with E-state index >= 15 is 0 Å². The zero-order valence-corrected chi connectivity index (χ0v) is 6.77. The summed E-state index contributed by atoms with van der Waals surface area (Å²) in [6.45, 7) is 0.